The quantitative estimate of drug-likeness (QED) is 0.107. The third kappa shape index (κ3) is 10.5. The lowest BCUT2D eigenvalue weighted by molar-refractivity contribution is -0.929. The molecule has 0 radical (unpaired) electrons. The first-order chi connectivity index (χ1) is 19.5. The number of urea groups is 1. The zero-order valence-corrected chi connectivity index (χ0v) is 26.2. The maximum Gasteiger partial charge on any atom is 0.379 e. The van der Waals surface area contributed by atoms with E-state index in [0.717, 1.165) is 0 Å². The Morgan fingerprint density at radius 1 is 0.976 bits per heavy atom. The van der Waals surface area contributed by atoms with Crippen molar-refractivity contribution in [3.05, 3.63) is 11.7 Å². The third-order valence-corrected chi connectivity index (χ3v) is 7.97. The molecule has 2 fully saturated rings. The van der Waals surface area contributed by atoms with E-state index in [2.05, 4.69) is 42.1 Å². The number of hydrogen-bond acceptors (Lipinski definition) is 10. The van der Waals surface area contributed by atoms with Crippen molar-refractivity contribution in [1.82, 2.24) is 20.1 Å². The van der Waals surface area contributed by atoms with Crippen molar-refractivity contribution >= 4 is 22.4 Å². The van der Waals surface area contributed by atoms with Crippen LogP contribution in [0.25, 0.3) is 0 Å². The molecule has 2 saturated heterocycles. The van der Waals surface area contributed by atoms with Gasteiger partial charge in [-0.2, -0.15) is 14.3 Å². The molecule has 2 aliphatic heterocycles. The summed E-state index contributed by atoms with van der Waals surface area (Å²) in [6, 6.07) is -2.00. The summed E-state index contributed by atoms with van der Waals surface area (Å²) in [6.07, 6.45) is 11.8. The van der Waals surface area contributed by atoms with Crippen LogP contribution in [0.4, 0.5) is 4.79 Å². The number of hydroxylamine groups is 2. The molecule has 2 aliphatic rings. The van der Waals surface area contributed by atoms with Crippen molar-refractivity contribution in [2.45, 2.75) is 111 Å². The third-order valence-electron chi connectivity index (χ3n) is 7.62. The lowest BCUT2D eigenvalue weighted by Gasteiger charge is -2.39. The number of aromatic nitrogens is 2. The summed E-state index contributed by atoms with van der Waals surface area (Å²) in [4.78, 5) is 29.0. The van der Waals surface area contributed by atoms with Crippen molar-refractivity contribution in [2.24, 2.45) is 0 Å². The highest BCUT2D eigenvalue weighted by Crippen LogP contribution is 2.38. The number of piperidine rings is 1. The zero-order chi connectivity index (χ0) is 30.5. The second kappa shape index (κ2) is 17.0. The monoisotopic (exact) mass is 603 g/mol. The lowest BCUT2D eigenvalue weighted by Crippen LogP contribution is -2.50. The number of carbonyl (C=O) groups is 2. The predicted molar refractivity (Wildman–Crippen MR) is 150 cm³/mol. The Morgan fingerprint density at radius 3 is 1.98 bits per heavy atom. The van der Waals surface area contributed by atoms with E-state index in [4.69, 9.17) is 9.26 Å². The van der Waals surface area contributed by atoms with Crippen molar-refractivity contribution in [3.63, 3.8) is 0 Å². The van der Waals surface area contributed by atoms with E-state index in [1.54, 1.807) is 6.92 Å². The first kappa shape index (κ1) is 34.9. The second-order valence-electron chi connectivity index (χ2n) is 10.8. The summed E-state index contributed by atoms with van der Waals surface area (Å²) in [5.74, 6) is -0.996. The highest BCUT2D eigenvalue weighted by Gasteiger charge is 2.48. The lowest BCUT2D eigenvalue weighted by atomic mass is 10.0. The highest BCUT2D eigenvalue weighted by molar-refractivity contribution is 7.80. The van der Waals surface area contributed by atoms with E-state index < -0.39 is 34.5 Å². The van der Waals surface area contributed by atoms with Crippen LogP contribution in [0.2, 0.25) is 0 Å². The number of amides is 2. The minimum Gasteiger partial charge on any atom is -0.724 e. The Labute approximate surface area is 245 Å². The Hall–Kier alpha value is -2.29. The Bertz CT molecular complexity index is 1010. The first-order valence-electron chi connectivity index (χ1n) is 15.2. The summed E-state index contributed by atoms with van der Waals surface area (Å²) in [5.41, 5.74) is 0. The van der Waals surface area contributed by atoms with Gasteiger partial charge >= 0.3 is 12.0 Å². The number of quaternary nitrogens is 1. The summed E-state index contributed by atoms with van der Waals surface area (Å²) < 4.78 is 47.6. The fraction of sp³-hybridized carbons (Fsp3) is 0.852. The number of rotatable bonds is 17. The van der Waals surface area contributed by atoms with E-state index >= 15 is 0 Å². The van der Waals surface area contributed by atoms with Gasteiger partial charge in [0.25, 0.3) is 5.82 Å². The van der Waals surface area contributed by atoms with Gasteiger partial charge in [0.05, 0.1) is 38.8 Å². The van der Waals surface area contributed by atoms with Crippen molar-refractivity contribution in [3.8, 4) is 0 Å². The maximum absolute atomic E-state index is 12.2. The smallest absolute Gasteiger partial charge is 0.379 e. The minimum atomic E-state index is -5.06. The first-order valence-corrected chi connectivity index (χ1v) is 16.5. The van der Waals surface area contributed by atoms with Crippen LogP contribution in [0.3, 0.4) is 0 Å². The summed E-state index contributed by atoms with van der Waals surface area (Å²) in [6.45, 7) is 16.9. The fourth-order valence-corrected chi connectivity index (χ4v) is 5.76. The number of esters is 1. The van der Waals surface area contributed by atoms with Crippen LogP contribution in [-0.4, -0.2) is 94.9 Å². The van der Waals surface area contributed by atoms with Gasteiger partial charge in [-0.3, -0.25) is 0 Å². The SMILES string of the molecule is CCCC[N+](CCCC)(CCCC)CCCC.CCOC(=O)c1noc([C@@H]2CC[C@@H]3CN2C(=O)N3OS(=O)(=O)[O-])n1. The average molecular weight is 604 g/mol. The van der Waals surface area contributed by atoms with E-state index in [9.17, 15) is 22.6 Å². The van der Waals surface area contributed by atoms with Crippen LogP contribution in [-0.2, 0) is 19.4 Å². The highest BCUT2D eigenvalue weighted by atomic mass is 32.3. The Kier molecular flexibility index (Phi) is 14.5. The van der Waals surface area contributed by atoms with Gasteiger partial charge in [-0.15, -0.1) is 0 Å². The number of ether oxygens (including phenoxy) is 1. The largest absolute Gasteiger partial charge is 0.724 e. The molecule has 236 valence electrons. The van der Waals surface area contributed by atoms with Crippen molar-refractivity contribution in [2.75, 3.05) is 39.3 Å². The number of hydrogen-bond donors (Lipinski definition) is 0. The zero-order valence-electron chi connectivity index (χ0n) is 25.4. The average Bonchev–Trinajstić information content (AvgIpc) is 3.52. The number of unbranched alkanes of at least 4 members (excludes halogenated alkanes) is 4. The second-order valence-corrected chi connectivity index (χ2v) is 11.8. The van der Waals surface area contributed by atoms with Gasteiger partial charge in [-0.05, 0) is 50.6 Å². The minimum absolute atomic E-state index is 0.0247. The number of fused-ring (bicyclic) bond motifs is 2. The molecule has 0 unspecified atom stereocenters. The molecule has 14 heteroatoms. The molecule has 1 aromatic heterocycles. The molecule has 1 aromatic rings. The molecule has 13 nitrogen and oxygen atoms in total. The summed E-state index contributed by atoms with van der Waals surface area (Å²) in [5, 5.41) is 4.05. The summed E-state index contributed by atoms with van der Waals surface area (Å²) >= 11 is 0. The molecular formula is C27H49N5O8S. The van der Waals surface area contributed by atoms with Crippen LogP contribution in [0.1, 0.15) is 121 Å². The molecular weight excluding hydrogens is 554 g/mol. The molecule has 0 N–H and O–H groups in total. The van der Waals surface area contributed by atoms with Gasteiger partial charge in [-0.25, -0.2) is 18.0 Å². The molecule has 41 heavy (non-hydrogen) atoms. The molecule has 2 amide bonds. The Morgan fingerprint density at radius 2 is 1.51 bits per heavy atom. The van der Waals surface area contributed by atoms with Crippen molar-refractivity contribution < 1.29 is 40.6 Å². The molecule has 2 atom stereocenters. The Balaban J connectivity index is 0.000000307. The normalized spacial score (nSPS) is 18.8. The molecule has 3 heterocycles. The molecule has 3 rings (SSSR count). The van der Waals surface area contributed by atoms with Gasteiger partial charge in [-0.1, -0.05) is 53.4 Å². The predicted octanol–water partition coefficient (Wildman–Crippen LogP) is 4.58. The van der Waals surface area contributed by atoms with Crippen LogP contribution in [0.5, 0.6) is 0 Å². The number of carbonyl (C=O) groups excluding carboxylic acids is 2. The summed E-state index contributed by atoms with van der Waals surface area (Å²) in [7, 11) is -5.06. The van der Waals surface area contributed by atoms with Crippen molar-refractivity contribution in [1.29, 1.82) is 0 Å². The molecule has 0 spiro atoms. The van der Waals surface area contributed by atoms with E-state index in [-0.39, 0.29) is 24.9 Å². The van der Waals surface area contributed by atoms with Crippen LogP contribution < -0.4 is 0 Å². The maximum atomic E-state index is 12.2. The van der Waals surface area contributed by atoms with Gasteiger partial charge in [0.2, 0.25) is 16.3 Å². The molecule has 0 aliphatic carbocycles. The van der Waals surface area contributed by atoms with Gasteiger partial charge in [0, 0.05) is 6.54 Å². The van der Waals surface area contributed by atoms with Crippen LogP contribution in [0.15, 0.2) is 4.52 Å². The molecule has 2 bridgehead atoms. The molecule has 0 aromatic carbocycles. The topological polar surface area (TPSA) is 155 Å². The van der Waals surface area contributed by atoms with E-state index in [1.165, 1.54) is 86.9 Å². The van der Waals surface area contributed by atoms with Gasteiger partial charge in [0.15, 0.2) is 0 Å². The van der Waals surface area contributed by atoms with Crippen LogP contribution in [0, 0.1) is 0 Å². The van der Waals surface area contributed by atoms with Gasteiger partial charge < -0.3 is 23.2 Å². The van der Waals surface area contributed by atoms with Gasteiger partial charge in [0.1, 0.15) is 6.04 Å². The van der Waals surface area contributed by atoms with E-state index in [1.807, 2.05) is 0 Å². The van der Waals surface area contributed by atoms with Crippen LogP contribution >= 0.6 is 0 Å². The fourth-order valence-electron chi connectivity index (χ4n) is 5.38. The van der Waals surface area contributed by atoms with E-state index in [0.29, 0.717) is 17.9 Å². The molecule has 0 saturated carbocycles. The standard InChI is InChI=1S/C16H36N.C11H14N4O8S/c1-5-9-13-17(14-10-6-2,15-11-7-3)16-12-8-4;1-2-21-10(16)8-12-9(22-13-8)7-4-3-6-5-14(7)11(17)15(6)23-24(18,19)20/h5-16H2,1-4H3;6-7H,2-5H2,1H3,(H,18,19,20)/q+1;/p-1/t;6-,7+/m.1/s1. The number of nitrogens with zero attached hydrogens (tertiary/aromatic N) is 5.